The number of hydrogen-bond acceptors (Lipinski definition) is 6. The highest BCUT2D eigenvalue weighted by molar-refractivity contribution is 5.89. The Morgan fingerprint density at radius 3 is 1.45 bits per heavy atom. The van der Waals surface area contributed by atoms with Gasteiger partial charge in [0.15, 0.2) is 5.60 Å². The van der Waals surface area contributed by atoms with E-state index in [4.69, 9.17) is 23.7 Å². The Balaban J connectivity index is 1.69. The van der Waals surface area contributed by atoms with Crippen molar-refractivity contribution < 1.29 is 28.5 Å². The molecule has 1 aliphatic carbocycles. The van der Waals surface area contributed by atoms with Crippen LogP contribution in [0.3, 0.4) is 0 Å². The summed E-state index contributed by atoms with van der Waals surface area (Å²) in [6, 6.07) is 22.6. The van der Waals surface area contributed by atoms with Gasteiger partial charge >= 0.3 is 5.97 Å². The van der Waals surface area contributed by atoms with E-state index in [1.807, 2.05) is 72.8 Å². The van der Waals surface area contributed by atoms with Gasteiger partial charge in [0.2, 0.25) is 5.60 Å². The number of carbonyl (C=O) groups excluding carboxylic acids is 1. The summed E-state index contributed by atoms with van der Waals surface area (Å²) in [7, 11) is 4.85. The zero-order chi connectivity index (χ0) is 23.1. The van der Waals surface area contributed by atoms with Crippen LogP contribution in [0.15, 0.2) is 72.8 Å². The molecule has 170 valence electrons. The number of ether oxygens (including phenoxy) is 5. The number of esters is 1. The maximum atomic E-state index is 13.7. The van der Waals surface area contributed by atoms with E-state index in [9.17, 15) is 4.79 Å². The average Bonchev–Trinajstić information content (AvgIpc) is 3.80. The third-order valence-electron chi connectivity index (χ3n) is 6.34. The summed E-state index contributed by atoms with van der Waals surface area (Å²) < 4.78 is 28.4. The molecular weight excluding hydrogens is 420 g/mol. The van der Waals surface area contributed by atoms with Crippen molar-refractivity contribution in [2.45, 2.75) is 30.1 Å². The van der Waals surface area contributed by atoms with E-state index in [2.05, 4.69) is 0 Å². The van der Waals surface area contributed by atoms with Gasteiger partial charge in [-0.1, -0.05) is 36.4 Å². The van der Waals surface area contributed by atoms with Gasteiger partial charge in [0.1, 0.15) is 23.4 Å². The molecule has 0 N–H and O–H groups in total. The van der Waals surface area contributed by atoms with E-state index in [1.165, 1.54) is 0 Å². The zero-order valence-electron chi connectivity index (χ0n) is 18.9. The number of hydrogen-bond donors (Lipinski definition) is 0. The molecule has 1 saturated carbocycles. The maximum Gasteiger partial charge on any atom is 0.347 e. The zero-order valence-corrected chi connectivity index (χ0v) is 18.9. The predicted molar refractivity (Wildman–Crippen MR) is 122 cm³/mol. The van der Waals surface area contributed by atoms with Crippen LogP contribution in [0.5, 0.6) is 17.2 Å². The molecule has 2 fully saturated rings. The number of carbonyl (C=O) groups is 1. The second kappa shape index (κ2) is 8.12. The largest absolute Gasteiger partial charge is 0.497 e. The van der Waals surface area contributed by atoms with E-state index in [0.29, 0.717) is 11.3 Å². The maximum absolute atomic E-state index is 13.7. The predicted octanol–water partition coefficient (Wildman–Crippen LogP) is 4.59. The number of benzene rings is 3. The van der Waals surface area contributed by atoms with Crippen LogP contribution in [-0.2, 0) is 25.5 Å². The van der Waals surface area contributed by atoms with Crippen molar-refractivity contribution in [3.63, 3.8) is 0 Å². The summed E-state index contributed by atoms with van der Waals surface area (Å²) in [4.78, 5) is 13.7. The highest BCUT2D eigenvalue weighted by Gasteiger charge is 2.78. The van der Waals surface area contributed by atoms with E-state index in [-0.39, 0.29) is 12.1 Å². The second-order valence-corrected chi connectivity index (χ2v) is 8.25. The van der Waals surface area contributed by atoms with Crippen molar-refractivity contribution in [2.75, 3.05) is 21.3 Å². The Hall–Kier alpha value is -3.51. The number of epoxide rings is 1. The Kier molecular flexibility index (Phi) is 5.25. The van der Waals surface area contributed by atoms with Gasteiger partial charge in [0.05, 0.1) is 21.3 Å². The van der Waals surface area contributed by atoms with Crippen LogP contribution in [0.1, 0.15) is 29.5 Å². The topological polar surface area (TPSA) is 66.5 Å². The van der Waals surface area contributed by atoms with Crippen molar-refractivity contribution in [1.29, 1.82) is 0 Å². The first kappa shape index (κ1) is 21.3. The van der Waals surface area contributed by atoms with Gasteiger partial charge in [0.25, 0.3) is 0 Å². The molecule has 0 amide bonds. The van der Waals surface area contributed by atoms with Crippen LogP contribution < -0.4 is 14.2 Å². The molecule has 0 spiro atoms. The highest BCUT2D eigenvalue weighted by atomic mass is 16.7. The third kappa shape index (κ3) is 3.42. The summed E-state index contributed by atoms with van der Waals surface area (Å²) in [6.07, 6.45) is 1.70. The number of methoxy groups -OCH3 is 3. The van der Waals surface area contributed by atoms with Gasteiger partial charge in [-0.05, 0) is 65.9 Å². The molecule has 33 heavy (non-hydrogen) atoms. The van der Waals surface area contributed by atoms with Crippen LogP contribution in [0.25, 0.3) is 0 Å². The third-order valence-corrected chi connectivity index (χ3v) is 6.34. The van der Waals surface area contributed by atoms with Crippen LogP contribution in [0.4, 0.5) is 0 Å². The SMILES string of the molecule is COc1ccc(C2(C(=O)OC3CC3)OC2(c2ccc(OC)cc2)c2ccc(OC)cc2)cc1. The summed E-state index contributed by atoms with van der Waals surface area (Å²) in [6.45, 7) is 0. The molecule has 3 aromatic rings. The van der Waals surface area contributed by atoms with E-state index in [1.54, 1.807) is 21.3 Å². The summed E-state index contributed by atoms with van der Waals surface area (Å²) in [5.74, 6) is 1.76. The van der Waals surface area contributed by atoms with Gasteiger partial charge in [-0.3, -0.25) is 0 Å². The molecule has 6 nitrogen and oxygen atoms in total. The van der Waals surface area contributed by atoms with Gasteiger partial charge < -0.3 is 23.7 Å². The van der Waals surface area contributed by atoms with Crippen molar-refractivity contribution in [1.82, 2.24) is 0 Å². The normalized spacial score (nSPS) is 20.6. The van der Waals surface area contributed by atoms with Gasteiger partial charge in [0, 0.05) is 0 Å². The lowest BCUT2D eigenvalue weighted by molar-refractivity contribution is -0.151. The average molecular weight is 446 g/mol. The monoisotopic (exact) mass is 446 g/mol. The molecule has 1 heterocycles. The van der Waals surface area contributed by atoms with E-state index in [0.717, 1.165) is 35.5 Å². The van der Waals surface area contributed by atoms with Crippen molar-refractivity contribution in [3.8, 4) is 17.2 Å². The number of rotatable bonds is 8. The van der Waals surface area contributed by atoms with Crippen molar-refractivity contribution >= 4 is 5.97 Å². The minimum atomic E-state index is -1.33. The molecule has 1 atom stereocenters. The van der Waals surface area contributed by atoms with E-state index < -0.39 is 11.2 Å². The first-order valence-corrected chi connectivity index (χ1v) is 10.9. The quantitative estimate of drug-likeness (QED) is 0.373. The van der Waals surface area contributed by atoms with Crippen LogP contribution in [-0.4, -0.2) is 33.4 Å². The fraction of sp³-hybridized carbons (Fsp3) is 0.296. The van der Waals surface area contributed by atoms with Crippen molar-refractivity contribution in [3.05, 3.63) is 89.5 Å². The lowest BCUT2D eigenvalue weighted by atomic mass is 9.77. The molecule has 3 aromatic carbocycles. The molecule has 2 aliphatic rings. The van der Waals surface area contributed by atoms with Crippen molar-refractivity contribution in [2.24, 2.45) is 0 Å². The molecule has 5 rings (SSSR count). The second-order valence-electron chi connectivity index (χ2n) is 8.25. The standard InChI is InChI=1S/C27H26O6/c1-29-21-10-4-18(5-11-21)26(19-6-12-22(30-2)13-7-19)27(33-26,25(28)32-24-16-17-24)20-8-14-23(31-3)15-9-20/h4-15,24H,16-17H2,1-3H3. The minimum Gasteiger partial charge on any atom is -0.497 e. The Morgan fingerprint density at radius 2 is 1.09 bits per heavy atom. The van der Waals surface area contributed by atoms with Gasteiger partial charge in [-0.2, -0.15) is 0 Å². The highest BCUT2D eigenvalue weighted by Crippen LogP contribution is 2.67. The fourth-order valence-electron chi connectivity index (χ4n) is 4.36. The lowest BCUT2D eigenvalue weighted by Crippen LogP contribution is -2.34. The lowest BCUT2D eigenvalue weighted by Gasteiger charge is -2.21. The van der Waals surface area contributed by atoms with Crippen LogP contribution in [0.2, 0.25) is 0 Å². The minimum absolute atomic E-state index is 0.0544. The summed E-state index contributed by atoms with van der Waals surface area (Å²) in [5.41, 5.74) is -0.0217. The Morgan fingerprint density at radius 1 is 0.697 bits per heavy atom. The molecule has 6 heteroatoms. The molecule has 0 aromatic heterocycles. The molecule has 1 aliphatic heterocycles. The smallest absolute Gasteiger partial charge is 0.347 e. The molecule has 1 saturated heterocycles. The van der Waals surface area contributed by atoms with Crippen LogP contribution >= 0.6 is 0 Å². The Bertz CT molecular complexity index is 1090. The van der Waals surface area contributed by atoms with Crippen LogP contribution in [0, 0.1) is 0 Å². The van der Waals surface area contributed by atoms with E-state index >= 15 is 0 Å². The van der Waals surface area contributed by atoms with Gasteiger partial charge in [-0.25, -0.2) is 4.79 Å². The molecule has 0 radical (unpaired) electrons. The molecule has 1 unspecified atom stereocenters. The summed E-state index contributed by atoms with van der Waals surface area (Å²) >= 11 is 0. The van der Waals surface area contributed by atoms with Gasteiger partial charge in [-0.15, -0.1) is 0 Å². The fourth-order valence-corrected chi connectivity index (χ4v) is 4.36. The Labute approximate surface area is 193 Å². The first-order chi connectivity index (χ1) is 16.1. The molecular formula is C27H26O6. The molecule has 0 bridgehead atoms. The first-order valence-electron chi connectivity index (χ1n) is 10.9. The summed E-state index contributed by atoms with van der Waals surface area (Å²) in [5, 5.41) is 0.